The lowest BCUT2D eigenvalue weighted by Gasteiger charge is -2.28. The molecule has 0 saturated heterocycles. The lowest BCUT2D eigenvalue weighted by molar-refractivity contribution is -0.113. The van der Waals surface area contributed by atoms with Crippen molar-refractivity contribution in [3.05, 3.63) is 70.4 Å². The number of nitrogens with one attached hydrogen (secondary N) is 3. The zero-order chi connectivity index (χ0) is 18.7. The van der Waals surface area contributed by atoms with Crippen LogP contribution in [-0.4, -0.2) is 19.0 Å². The summed E-state index contributed by atoms with van der Waals surface area (Å²) in [5.74, 6) is 0.393. The van der Waals surface area contributed by atoms with Crippen LogP contribution in [0.3, 0.4) is 0 Å². The fraction of sp³-hybridized carbons (Fsp3) is 0.158. The SMILES string of the molecule is COc1ccc(NC(=O)C2=C(C)NC(=O)N[C@@H]2c2ccc(Cl)cc2)cc1. The third kappa shape index (κ3) is 3.81. The van der Waals surface area contributed by atoms with Crippen molar-refractivity contribution in [3.63, 3.8) is 0 Å². The maximum atomic E-state index is 12.9. The van der Waals surface area contributed by atoms with Crippen molar-refractivity contribution in [1.29, 1.82) is 0 Å². The summed E-state index contributed by atoms with van der Waals surface area (Å²) in [6.07, 6.45) is 0. The Kier molecular flexibility index (Phi) is 5.14. The van der Waals surface area contributed by atoms with Crippen molar-refractivity contribution in [1.82, 2.24) is 10.6 Å². The quantitative estimate of drug-likeness (QED) is 0.768. The van der Waals surface area contributed by atoms with Crippen molar-refractivity contribution in [2.24, 2.45) is 0 Å². The molecule has 2 aromatic rings. The summed E-state index contributed by atoms with van der Waals surface area (Å²) in [4.78, 5) is 24.8. The van der Waals surface area contributed by atoms with E-state index in [2.05, 4.69) is 16.0 Å². The van der Waals surface area contributed by atoms with Crippen LogP contribution in [0.2, 0.25) is 5.02 Å². The molecule has 0 aromatic heterocycles. The number of rotatable bonds is 4. The van der Waals surface area contributed by atoms with E-state index in [1.165, 1.54) is 0 Å². The monoisotopic (exact) mass is 371 g/mol. The van der Waals surface area contributed by atoms with Gasteiger partial charge in [-0.15, -0.1) is 0 Å². The zero-order valence-electron chi connectivity index (χ0n) is 14.3. The first-order valence-corrected chi connectivity index (χ1v) is 8.35. The van der Waals surface area contributed by atoms with Crippen LogP contribution >= 0.6 is 11.6 Å². The maximum absolute atomic E-state index is 12.9. The molecule has 1 aliphatic heterocycles. The van der Waals surface area contributed by atoms with E-state index in [-0.39, 0.29) is 11.9 Å². The lowest BCUT2D eigenvalue weighted by atomic mass is 9.95. The Bertz CT molecular complexity index is 861. The summed E-state index contributed by atoms with van der Waals surface area (Å²) >= 11 is 5.94. The second-order valence-electron chi connectivity index (χ2n) is 5.80. The molecule has 7 heteroatoms. The van der Waals surface area contributed by atoms with E-state index >= 15 is 0 Å². The van der Waals surface area contributed by atoms with E-state index in [0.717, 1.165) is 5.56 Å². The summed E-state index contributed by atoms with van der Waals surface area (Å²) in [7, 11) is 1.58. The molecule has 0 fully saturated rings. The molecule has 1 aliphatic rings. The van der Waals surface area contributed by atoms with E-state index in [1.807, 2.05) is 0 Å². The fourth-order valence-electron chi connectivity index (χ4n) is 2.77. The Balaban J connectivity index is 1.89. The van der Waals surface area contributed by atoms with Crippen LogP contribution in [0.25, 0.3) is 0 Å². The number of hydrogen-bond donors (Lipinski definition) is 3. The highest BCUT2D eigenvalue weighted by atomic mass is 35.5. The number of methoxy groups -OCH3 is 1. The molecule has 0 saturated carbocycles. The molecular weight excluding hydrogens is 354 g/mol. The fourth-order valence-corrected chi connectivity index (χ4v) is 2.90. The summed E-state index contributed by atoms with van der Waals surface area (Å²) < 4.78 is 5.11. The predicted molar refractivity (Wildman–Crippen MR) is 100 cm³/mol. The van der Waals surface area contributed by atoms with Crippen LogP contribution in [0, 0.1) is 0 Å². The molecule has 134 valence electrons. The molecule has 6 nitrogen and oxygen atoms in total. The van der Waals surface area contributed by atoms with E-state index in [0.29, 0.717) is 27.7 Å². The Morgan fingerprint density at radius 1 is 1.12 bits per heavy atom. The van der Waals surface area contributed by atoms with Gasteiger partial charge in [-0.2, -0.15) is 0 Å². The van der Waals surface area contributed by atoms with E-state index in [1.54, 1.807) is 62.6 Å². The van der Waals surface area contributed by atoms with Crippen LogP contribution in [0.4, 0.5) is 10.5 Å². The number of amides is 3. The molecule has 0 bridgehead atoms. The summed E-state index contributed by atoms with van der Waals surface area (Å²) in [6.45, 7) is 1.70. The van der Waals surface area contributed by atoms with Gasteiger partial charge in [-0.3, -0.25) is 4.79 Å². The first-order valence-electron chi connectivity index (χ1n) is 7.97. The van der Waals surface area contributed by atoms with Crippen molar-refractivity contribution in [3.8, 4) is 5.75 Å². The maximum Gasteiger partial charge on any atom is 0.319 e. The molecule has 3 amide bonds. The predicted octanol–water partition coefficient (Wildman–Crippen LogP) is 3.62. The molecular formula is C19H18ClN3O3. The average Bonchev–Trinajstić information content (AvgIpc) is 2.62. The first-order chi connectivity index (χ1) is 12.5. The van der Waals surface area contributed by atoms with Gasteiger partial charge in [0.1, 0.15) is 5.75 Å². The topological polar surface area (TPSA) is 79.5 Å². The van der Waals surface area contributed by atoms with Gasteiger partial charge in [0.05, 0.1) is 18.7 Å². The average molecular weight is 372 g/mol. The molecule has 2 aromatic carbocycles. The van der Waals surface area contributed by atoms with Gasteiger partial charge in [0.2, 0.25) is 0 Å². The molecule has 0 unspecified atom stereocenters. The molecule has 1 heterocycles. The number of anilines is 1. The number of urea groups is 1. The summed E-state index contributed by atoms with van der Waals surface area (Å²) in [6, 6.07) is 13.1. The highest BCUT2D eigenvalue weighted by Crippen LogP contribution is 2.28. The van der Waals surface area contributed by atoms with Gasteiger partial charge in [0.15, 0.2) is 0 Å². The van der Waals surface area contributed by atoms with Gasteiger partial charge in [0, 0.05) is 16.4 Å². The largest absolute Gasteiger partial charge is 0.497 e. The minimum absolute atomic E-state index is 0.305. The molecule has 26 heavy (non-hydrogen) atoms. The van der Waals surface area contributed by atoms with Gasteiger partial charge in [-0.05, 0) is 48.9 Å². The number of allylic oxidation sites excluding steroid dienone is 1. The third-order valence-electron chi connectivity index (χ3n) is 4.06. The number of benzene rings is 2. The number of carbonyl (C=O) groups excluding carboxylic acids is 2. The summed E-state index contributed by atoms with van der Waals surface area (Å²) in [5, 5.41) is 8.87. The second-order valence-corrected chi connectivity index (χ2v) is 6.24. The number of halogens is 1. The Labute approximate surface area is 156 Å². The standard InChI is InChI=1S/C19H18ClN3O3/c1-11-16(18(24)22-14-7-9-15(26-2)10-8-14)17(23-19(25)21-11)12-3-5-13(20)6-4-12/h3-10,17H,1-2H3,(H,22,24)(H2,21,23,25)/t17-/m1/s1. The highest BCUT2D eigenvalue weighted by Gasteiger charge is 2.31. The van der Waals surface area contributed by atoms with Crippen LogP contribution < -0.4 is 20.7 Å². The lowest BCUT2D eigenvalue weighted by Crippen LogP contribution is -2.45. The minimum atomic E-state index is -0.570. The van der Waals surface area contributed by atoms with Crippen molar-refractivity contribution >= 4 is 29.2 Å². The molecule has 3 N–H and O–H groups in total. The van der Waals surface area contributed by atoms with Crippen molar-refractivity contribution < 1.29 is 14.3 Å². The van der Waals surface area contributed by atoms with Gasteiger partial charge >= 0.3 is 6.03 Å². The molecule has 0 radical (unpaired) electrons. The molecule has 1 atom stereocenters. The zero-order valence-corrected chi connectivity index (χ0v) is 15.1. The van der Waals surface area contributed by atoms with Crippen LogP contribution in [0.1, 0.15) is 18.5 Å². The molecule has 0 aliphatic carbocycles. The van der Waals surface area contributed by atoms with Crippen LogP contribution in [0.5, 0.6) is 5.75 Å². The number of carbonyl (C=O) groups is 2. The molecule has 3 rings (SSSR count). The van der Waals surface area contributed by atoms with Crippen molar-refractivity contribution in [2.75, 3.05) is 12.4 Å². The van der Waals surface area contributed by atoms with E-state index in [9.17, 15) is 9.59 Å². The second kappa shape index (κ2) is 7.49. The highest BCUT2D eigenvalue weighted by molar-refractivity contribution is 6.30. The Hall–Kier alpha value is -2.99. The van der Waals surface area contributed by atoms with E-state index < -0.39 is 6.04 Å². The van der Waals surface area contributed by atoms with Gasteiger partial charge in [0.25, 0.3) is 5.91 Å². The van der Waals surface area contributed by atoms with Crippen LogP contribution in [-0.2, 0) is 4.79 Å². The Morgan fingerprint density at radius 2 is 1.77 bits per heavy atom. The van der Waals surface area contributed by atoms with Crippen LogP contribution in [0.15, 0.2) is 59.8 Å². The van der Waals surface area contributed by atoms with E-state index in [4.69, 9.17) is 16.3 Å². The minimum Gasteiger partial charge on any atom is -0.497 e. The van der Waals surface area contributed by atoms with Gasteiger partial charge in [-0.1, -0.05) is 23.7 Å². The number of hydrogen-bond acceptors (Lipinski definition) is 3. The molecule has 0 spiro atoms. The van der Waals surface area contributed by atoms with Gasteiger partial charge < -0.3 is 20.7 Å². The van der Waals surface area contributed by atoms with Crippen molar-refractivity contribution in [2.45, 2.75) is 13.0 Å². The smallest absolute Gasteiger partial charge is 0.319 e. The first kappa shape index (κ1) is 17.8. The Morgan fingerprint density at radius 3 is 2.38 bits per heavy atom. The third-order valence-corrected chi connectivity index (χ3v) is 4.32. The number of ether oxygens (including phenoxy) is 1. The van der Waals surface area contributed by atoms with Gasteiger partial charge in [-0.25, -0.2) is 4.79 Å². The summed E-state index contributed by atoms with van der Waals surface area (Å²) in [5.41, 5.74) is 2.33. The normalized spacial score (nSPS) is 16.6.